The van der Waals surface area contributed by atoms with Gasteiger partial charge >= 0.3 is 5.97 Å². The van der Waals surface area contributed by atoms with E-state index in [0.29, 0.717) is 19.4 Å². The van der Waals surface area contributed by atoms with Crippen molar-refractivity contribution in [3.8, 4) is 0 Å². The highest BCUT2D eigenvalue weighted by Crippen LogP contribution is 2.23. The summed E-state index contributed by atoms with van der Waals surface area (Å²) < 4.78 is 16.7. The lowest BCUT2D eigenvalue weighted by Crippen LogP contribution is -2.60. The molecule has 1 rings (SSSR count). The Kier molecular flexibility index (Phi) is 54.6. The van der Waals surface area contributed by atoms with Crippen molar-refractivity contribution in [3.05, 3.63) is 12.2 Å². The van der Waals surface area contributed by atoms with Gasteiger partial charge in [0.1, 0.15) is 24.4 Å². The number of unbranched alkanes of at least 4 members (excludes halogenated alkanes) is 46. The maximum atomic E-state index is 13.1. The summed E-state index contributed by atoms with van der Waals surface area (Å²) in [5.74, 6) is -0.172. The third kappa shape index (κ3) is 45.9. The average Bonchev–Trinajstić information content (AvgIpc) is 3.45. The predicted octanol–water partition coefficient (Wildman–Crippen LogP) is 16.7. The van der Waals surface area contributed by atoms with Gasteiger partial charge in [0.2, 0.25) is 5.91 Å². The number of carbonyl (C=O) groups is 2. The van der Waals surface area contributed by atoms with Crippen LogP contribution in [0.2, 0.25) is 0 Å². The van der Waals surface area contributed by atoms with Crippen molar-refractivity contribution < 1.29 is 49.3 Å². The van der Waals surface area contributed by atoms with Crippen LogP contribution in [-0.4, -0.2) is 100 Å². The molecule has 78 heavy (non-hydrogen) atoms. The molecule has 0 aliphatic carbocycles. The first kappa shape index (κ1) is 74.4. The van der Waals surface area contributed by atoms with Gasteiger partial charge in [0.25, 0.3) is 0 Å². The molecule has 462 valence electrons. The molecule has 0 radical (unpaired) electrons. The molecule has 11 nitrogen and oxygen atoms in total. The van der Waals surface area contributed by atoms with Crippen LogP contribution >= 0.6 is 0 Å². The first-order valence-corrected chi connectivity index (χ1v) is 34.0. The number of aliphatic hydroxyl groups excluding tert-OH is 5. The van der Waals surface area contributed by atoms with Crippen molar-refractivity contribution in [2.75, 3.05) is 19.8 Å². The van der Waals surface area contributed by atoms with Gasteiger partial charge in [-0.3, -0.25) is 9.59 Å². The van der Waals surface area contributed by atoms with Crippen molar-refractivity contribution in [1.82, 2.24) is 5.32 Å². The van der Waals surface area contributed by atoms with Crippen molar-refractivity contribution >= 4 is 11.9 Å². The quantitative estimate of drug-likeness (QED) is 0.0195. The highest BCUT2D eigenvalue weighted by Gasteiger charge is 2.44. The monoisotopic (exact) mass is 1110 g/mol. The van der Waals surface area contributed by atoms with Gasteiger partial charge in [0.15, 0.2) is 6.29 Å². The molecule has 1 fully saturated rings. The van der Waals surface area contributed by atoms with E-state index in [0.717, 1.165) is 57.8 Å². The summed E-state index contributed by atoms with van der Waals surface area (Å²) in [6, 6.07) is -0.808. The van der Waals surface area contributed by atoms with E-state index in [1.807, 2.05) is 6.08 Å². The number of hydrogen-bond donors (Lipinski definition) is 6. The van der Waals surface area contributed by atoms with Gasteiger partial charge in [-0.2, -0.15) is 0 Å². The summed E-state index contributed by atoms with van der Waals surface area (Å²) in [7, 11) is 0. The Balaban J connectivity index is 2.03. The normalized spacial score (nSPS) is 18.5. The number of carbonyl (C=O) groups excluding carboxylic acids is 2. The molecule has 1 amide bonds. The Labute approximate surface area is 480 Å². The standard InChI is InChI=1S/C67H129NO10/c1-3-5-7-9-11-13-15-16-27-30-34-37-41-45-49-53-60(70)59(58-77-67-66(75)65(74)64(73)61(57-69)78-67)68-62(71)54-50-46-42-38-35-31-28-25-23-21-19-17-18-20-22-24-26-29-32-36-40-44-48-52-56-76-63(72)55-51-47-43-39-33-14-12-10-8-6-4-2/h49,53,59-61,64-67,69-70,73-75H,3-48,50-52,54-58H2,1-2H3,(H,68,71)/b53-49+. The molecule has 0 spiro atoms. The van der Waals surface area contributed by atoms with Gasteiger partial charge in [-0.05, 0) is 32.1 Å². The fraction of sp³-hybridized carbons (Fsp3) is 0.940. The van der Waals surface area contributed by atoms with Crippen LogP contribution in [0.5, 0.6) is 0 Å². The zero-order valence-corrected chi connectivity index (χ0v) is 51.2. The van der Waals surface area contributed by atoms with E-state index < -0.39 is 49.5 Å². The second-order valence-electron chi connectivity index (χ2n) is 23.9. The van der Waals surface area contributed by atoms with E-state index in [-0.39, 0.29) is 18.5 Å². The Morgan fingerprint density at radius 2 is 0.808 bits per heavy atom. The van der Waals surface area contributed by atoms with Crippen molar-refractivity contribution in [3.63, 3.8) is 0 Å². The molecule has 1 aliphatic rings. The molecule has 1 heterocycles. The highest BCUT2D eigenvalue weighted by molar-refractivity contribution is 5.76. The molecule has 0 aromatic carbocycles. The first-order valence-electron chi connectivity index (χ1n) is 34.0. The van der Waals surface area contributed by atoms with Gasteiger partial charge in [-0.25, -0.2) is 0 Å². The van der Waals surface area contributed by atoms with Gasteiger partial charge in [0.05, 0.1) is 32.0 Å². The minimum atomic E-state index is -1.57. The lowest BCUT2D eigenvalue weighted by Gasteiger charge is -2.40. The van der Waals surface area contributed by atoms with Crippen LogP contribution in [0, 0.1) is 0 Å². The molecule has 0 aromatic rings. The smallest absolute Gasteiger partial charge is 0.305 e. The molecular formula is C67H129NO10. The highest BCUT2D eigenvalue weighted by atomic mass is 16.7. The van der Waals surface area contributed by atoms with E-state index in [9.17, 15) is 35.1 Å². The maximum absolute atomic E-state index is 13.1. The van der Waals surface area contributed by atoms with Crippen molar-refractivity contribution in [2.24, 2.45) is 0 Å². The molecule has 1 saturated heterocycles. The van der Waals surface area contributed by atoms with Crippen molar-refractivity contribution in [2.45, 2.75) is 384 Å². The lowest BCUT2D eigenvalue weighted by molar-refractivity contribution is -0.302. The number of amides is 1. The zero-order chi connectivity index (χ0) is 56.6. The number of allylic oxidation sites excluding steroid dienone is 1. The predicted molar refractivity (Wildman–Crippen MR) is 325 cm³/mol. The van der Waals surface area contributed by atoms with E-state index in [4.69, 9.17) is 14.2 Å². The third-order valence-electron chi connectivity index (χ3n) is 16.4. The maximum Gasteiger partial charge on any atom is 0.305 e. The van der Waals surface area contributed by atoms with Gasteiger partial charge < -0.3 is 45.1 Å². The molecule has 11 heteroatoms. The fourth-order valence-corrected chi connectivity index (χ4v) is 11.0. The van der Waals surface area contributed by atoms with E-state index in [1.165, 1.54) is 257 Å². The molecule has 1 aliphatic heterocycles. The number of hydrogen-bond acceptors (Lipinski definition) is 10. The largest absolute Gasteiger partial charge is 0.466 e. The van der Waals surface area contributed by atoms with Crippen LogP contribution < -0.4 is 5.32 Å². The van der Waals surface area contributed by atoms with Crippen LogP contribution in [0.15, 0.2) is 12.2 Å². The van der Waals surface area contributed by atoms with E-state index in [2.05, 4.69) is 19.2 Å². The fourth-order valence-electron chi connectivity index (χ4n) is 11.0. The molecular weight excluding hydrogens is 979 g/mol. The molecule has 7 unspecified atom stereocenters. The Bertz CT molecular complexity index is 1300. The van der Waals surface area contributed by atoms with Crippen LogP contribution in [0.25, 0.3) is 0 Å². The van der Waals surface area contributed by atoms with Gasteiger partial charge in [-0.15, -0.1) is 0 Å². The van der Waals surface area contributed by atoms with Crippen LogP contribution in [0.4, 0.5) is 0 Å². The first-order chi connectivity index (χ1) is 38.2. The summed E-state index contributed by atoms with van der Waals surface area (Å²) in [5.41, 5.74) is 0. The average molecular weight is 1110 g/mol. The van der Waals surface area contributed by atoms with Crippen molar-refractivity contribution in [1.29, 1.82) is 0 Å². The minimum absolute atomic E-state index is 0.00484. The molecule has 0 bridgehead atoms. The second kappa shape index (κ2) is 57.2. The minimum Gasteiger partial charge on any atom is -0.466 e. The Hall–Kier alpha value is -1.60. The lowest BCUT2D eigenvalue weighted by atomic mass is 9.99. The number of aliphatic hydroxyl groups is 5. The summed E-state index contributed by atoms with van der Waals surface area (Å²) in [6.45, 7) is 4.38. The van der Waals surface area contributed by atoms with Crippen LogP contribution in [-0.2, 0) is 23.8 Å². The Morgan fingerprint density at radius 3 is 1.19 bits per heavy atom. The van der Waals surface area contributed by atoms with Gasteiger partial charge in [-0.1, -0.05) is 309 Å². The van der Waals surface area contributed by atoms with Crippen LogP contribution in [0.3, 0.4) is 0 Å². The second-order valence-corrected chi connectivity index (χ2v) is 23.9. The number of rotatable bonds is 60. The van der Waals surface area contributed by atoms with Gasteiger partial charge in [0, 0.05) is 12.8 Å². The van der Waals surface area contributed by atoms with E-state index >= 15 is 0 Å². The molecule has 7 atom stereocenters. The SMILES string of the molecule is CCCCCCCCCCCCCCC/C=C/C(O)C(COC1OC(CO)C(O)C(O)C1O)NC(=O)CCCCCCCCCCCCCCCCCCCCCCCCCCOC(=O)CCCCCCCCCCCCC. The third-order valence-corrected chi connectivity index (χ3v) is 16.4. The zero-order valence-electron chi connectivity index (χ0n) is 51.2. The topological polar surface area (TPSA) is 175 Å². The molecule has 0 aromatic heterocycles. The number of ether oxygens (including phenoxy) is 3. The Morgan fingerprint density at radius 1 is 0.462 bits per heavy atom. The summed E-state index contributed by atoms with van der Waals surface area (Å²) in [6.07, 6.45) is 58.9. The number of nitrogens with one attached hydrogen (secondary N) is 1. The molecule has 6 N–H and O–H groups in total. The molecule has 0 saturated carbocycles. The summed E-state index contributed by atoms with van der Waals surface area (Å²) in [4.78, 5) is 25.1. The summed E-state index contributed by atoms with van der Waals surface area (Å²) >= 11 is 0. The summed E-state index contributed by atoms with van der Waals surface area (Å²) in [5, 5.41) is 54.6. The number of esters is 1. The van der Waals surface area contributed by atoms with E-state index in [1.54, 1.807) is 6.08 Å². The van der Waals surface area contributed by atoms with Crippen LogP contribution in [0.1, 0.15) is 341 Å².